The molecule has 63 heavy (non-hydrogen) atoms. The van der Waals surface area contributed by atoms with Crippen LogP contribution in [-0.2, 0) is 6.42 Å². The predicted molar refractivity (Wildman–Crippen MR) is 267 cm³/mol. The molecule has 3 heterocycles. The van der Waals surface area contributed by atoms with E-state index in [1.165, 1.54) is 93.8 Å². The molecule has 0 amide bonds. The number of para-hydroxylation sites is 2. The van der Waals surface area contributed by atoms with Gasteiger partial charge in [0.05, 0.1) is 27.8 Å². The summed E-state index contributed by atoms with van der Waals surface area (Å²) in [7, 11) is 0. The van der Waals surface area contributed by atoms with Gasteiger partial charge in [0.25, 0.3) is 0 Å². The maximum atomic E-state index is 4.64. The van der Waals surface area contributed by atoms with E-state index in [-0.39, 0.29) is 0 Å². The van der Waals surface area contributed by atoms with Crippen molar-refractivity contribution in [1.82, 2.24) is 14.1 Å². The Balaban J connectivity index is 0.000000695. The average Bonchev–Trinajstić information content (AvgIpc) is 4.01. The van der Waals surface area contributed by atoms with E-state index in [1.54, 1.807) is 0 Å². The summed E-state index contributed by atoms with van der Waals surface area (Å²) in [6.07, 6.45) is 10.8. The van der Waals surface area contributed by atoms with Crippen molar-refractivity contribution >= 4 is 43.6 Å². The zero-order valence-electron chi connectivity index (χ0n) is 35.4. The monoisotopic (exact) mass is 807 g/mol. The minimum Gasteiger partial charge on any atom is -0.309 e. The molecular weight excluding hydrogens is 763 g/mol. The smallest absolute Gasteiger partial charge is 0.0702 e. The van der Waals surface area contributed by atoms with Crippen molar-refractivity contribution in [3.05, 3.63) is 236 Å². The normalized spacial score (nSPS) is 12.1. The highest BCUT2D eigenvalue weighted by atomic mass is 15.0. The van der Waals surface area contributed by atoms with Crippen molar-refractivity contribution in [3.63, 3.8) is 0 Å². The maximum absolute atomic E-state index is 4.64. The standard InChI is InChI=1S/C54H35N3.C6H10/c1-2-16-44-39(11-1)30-40-22-25-43(34-47(40)44)57-53-26-23-37(35-12-9-14-41(29-35)50-19-7-8-28-55-50)32-48(53)49-33-38(24-27-54(49)57)36-13-10-15-42(31-36)56-51-20-5-3-17-45(51)46-18-4-6-21-52(46)56;1-3-5-6-4-2/h1-29,31-34H,30H2;3-6H,1-2H3/b;5-3-,6-4-. The van der Waals surface area contributed by atoms with Crippen LogP contribution in [0.1, 0.15) is 25.0 Å². The van der Waals surface area contributed by atoms with Crippen LogP contribution in [0, 0.1) is 0 Å². The number of fused-ring (bicyclic) bond motifs is 9. The van der Waals surface area contributed by atoms with Gasteiger partial charge in [0.15, 0.2) is 0 Å². The summed E-state index contributed by atoms with van der Waals surface area (Å²) in [5, 5.41) is 4.99. The van der Waals surface area contributed by atoms with E-state index in [1.807, 2.05) is 56.5 Å². The first-order valence-corrected chi connectivity index (χ1v) is 21.8. The molecule has 3 aromatic heterocycles. The van der Waals surface area contributed by atoms with Crippen LogP contribution in [0.2, 0.25) is 0 Å². The third-order valence-corrected chi connectivity index (χ3v) is 12.5. The topological polar surface area (TPSA) is 22.8 Å². The molecule has 0 saturated heterocycles. The second-order valence-corrected chi connectivity index (χ2v) is 16.2. The molecule has 3 nitrogen and oxygen atoms in total. The molecule has 300 valence electrons. The number of aromatic nitrogens is 3. The van der Waals surface area contributed by atoms with E-state index < -0.39 is 0 Å². The number of rotatable bonds is 6. The molecule has 3 heteroatoms. The molecule has 0 atom stereocenters. The summed E-state index contributed by atoms with van der Waals surface area (Å²) >= 11 is 0. The van der Waals surface area contributed by atoms with E-state index in [2.05, 4.69) is 196 Å². The Bertz CT molecular complexity index is 3500. The molecule has 0 unspecified atom stereocenters. The number of allylic oxidation sites excluding steroid dienone is 4. The first-order valence-electron chi connectivity index (χ1n) is 21.8. The summed E-state index contributed by atoms with van der Waals surface area (Å²) in [4.78, 5) is 4.64. The Labute approximate surface area is 368 Å². The molecule has 1 aliphatic rings. The van der Waals surface area contributed by atoms with Gasteiger partial charge in [-0.15, -0.1) is 0 Å². The number of hydrogen-bond acceptors (Lipinski definition) is 1. The highest BCUT2D eigenvalue weighted by Gasteiger charge is 2.21. The van der Waals surface area contributed by atoms with Crippen molar-refractivity contribution in [2.24, 2.45) is 0 Å². The van der Waals surface area contributed by atoms with Gasteiger partial charge in [-0.05, 0) is 144 Å². The Morgan fingerprint density at radius 1 is 0.381 bits per heavy atom. The summed E-state index contributed by atoms with van der Waals surface area (Å²) in [5.41, 5.74) is 19.4. The van der Waals surface area contributed by atoms with Gasteiger partial charge < -0.3 is 9.13 Å². The molecule has 0 aliphatic heterocycles. The van der Waals surface area contributed by atoms with Crippen LogP contribution < -0.4 is 0 Å². The first kappa shape index (κ1) is 38.0. The molecule has 0 bridgehead atoms. The first-order chi connectivity index (χ1) is 31.2. The number of hydrogen-bond donors (Lipinski definition) is 0. The summed E-state index contributed by atoms with van der Waals surface area (Å²) < 4.78 is 4.86. The lowest BCUT2D eigenvalue weighted by Gasteiger charge is -2.12. The Kier molecular flexibility index (Phi) is 9.71. The second-order valence-electron chi connectivity index (χ2n) is 16.2. The van der Waals surface area contributed by atoms with Crippen LogP contribution in [0.4, 0.5) is 0 Å². The van der Waals surface area contributed by atoms with Gasteiger partial charge in [-0.25, -0.2) is 0 Å². The fourth-order valence-corrected chi connectivity index (χ4v) is 9.55. The van der Waals surface area contributed by atoms with Crippen LogP contribution in [0.25, 0.3) is 99.6 Å². The minimum absolute atomic E-state index is 0.975. The quantitative estimate of drug-likeness (QED) is 0.153. The largest absolute Gasteiger partial charge is 0.309 e. The van der Waals surface area contributed by atoms with Crippen molar-refractivity contribution in [3.8, 4) is 56.0 Å². The van der Waals surface area contributed by atoms with E-state index >= 15 is 0 Å². The predicted octanol–water partition coefficient (Wildman–Crippen LogP) is 16.0. The molecule has 1 aliphatic carbocycles. The van der Waals surface area contributed by atoms with Gasteiger partial charge in [-0.1, -0.05) is 140 Å². The molecule has 0 saturated carbocycles. The van der Waals surface area contributed by atoms with Crippen LogP contribution in [0.5, 0.6) is 0 Å². The Morgan fingerprint density at radius 2 is 0.921 bits per heavy atom. The maximum Gasteiger partial charge on any atom is 0.0702 e. The molecule has 8 aromatic carbocycles. The fourth-order valence-electron chi connectivity index (χ4n) is 9.55. The third-order valence-electron chi connectivity index (χ3n) is 12.5. The highest BCUT2D eigenvalue weighted by molar-refractivity contribution is 6.12. The number of pyridine rings is 1. The highest BCUT2D eigenvalue weighted by Crippen LogP contribution is 2.42. The summed E-state index contributed by atoms with van der Waals surface area (Å²) in [5.74, 6) is 0. The second kappa shape index (κ2) is 16.1. The summed E-state index contributed by atoms with van der Waals surface area (Å²) in [6.45, 7) is 4.00. The zero-order valence-corrected chi connectivity index (χ0v) is 35.4. The third kappa shape index (κ3) is 6.75. The molecule has 0 fully saturated rings. The average molecular weight is 808 g/mol. The lowest BCUT2D eigenvalue weighted by atomic mass is 9.98. The van der Waals surface area contributed by atoms with Gasteiger partial charge in [-0.2, -0.15) is 0 Å². The van der Waals surface area contributed by atoms with Gasteiger partial charge in [0.1, 0.15) is 0 Å². The molecular formula is C60H45N3. The molecule has 0 spiro atoms. The lowest BCUT2D eigenvalue weighted by Crippen LogP contribution is -1.95. The van der Waals surface area contributed by atoms with Crippen molar-refractivity contribution < 1.29 is 0 Å². The van der Waals surface area contributed by atoms with Gasteiger partial charge in [-0.3, -0.25) is 4.98 Å². The van der Waals surface area contributed by atoms with Crippen molar-refractivity contribution in [2.75, 3.05) is 0 Å². The van der Waals surface area contributed by atoms with Crippen molar-refractivity contribution in [1.29, 1.82) is 0 Å². The SMILES string of the molecule is C/C=C\C=C/C.c1ccc(-c2cccc(-c3ccc4c(c3)c3cc(-c5cccc(-n6c7ccccc7c7ccccc76)c5)ccc3n4-c3ccc4c(c3)-c3ccccc3C4)c2)nc1. The van der Waals surface area contributed by atoms with Crippen LogP contribution in [0.3, 0.4) is 0 Å². The van der Waals surface area contributed by atoms with Crippen LogP contribution in [0.15, 0.2) is 225 Å². The Morgan fingerprint density at radius 3 is 1.59 bits per heavy atom. The molecule has 0 radical (unpaired) electrons. The van der Waals surface area contributed by atoms with E-state index in [9.17, 15) is 0 Å². The molecule has 12 rings (SSSR count). The van der Waals surface area contributed by atoms with Gasteiger partial charge >= 0.3 is 0 Å². The van der Waals surface area contributed by atoms with E-state index in [0.29, 0.717) is 0 Å². The molecule has 11 aromatic rings. The number of nitrogens with zero attached hydrogens (tertiary/aromatic N) is 3. The zero-order chi connectivity index (χ0) is 42.3. The van der Waals surface area contributed by atoms with Crippen LogP contribution >= 0.6 is 0 Å². The number of benzene rings is 8. The minimum atomic E-state index is 0.975. The van der Waals surface area contributed by atoms with Crippen LogP contribution in [-0.4, -0.2) is 14.1 Å². The van der Waals surface area contributed by atoms with Gasteiger partial charge in [0.2, 0.25) is 0 Å². The fraction of sp³-hybridized carbons (Fsp3) is 0.0500. The van der Waals surface area contributed by atoms with Gasteiger partial charge in [0, 0.05) is 44.7 Å². The van der Waals surface area contributed by atoms with E-state index in [4.69, 9.17) is 0 Å². The lowest BCUT2D eigenvalue weighted by molar-refractivity contribution is 1.17. The van der Waals surface area contributed by atoms with Crippen molar-refractivity contribution in [2.45, 2.75) is 20.3 Å². The Hall–Kier alpha value is -8.01. The molecule has 0 N–H and O–H groups in total. The summed E-state index contributed by atoms with van der Waals surface area (Å²) in [6, 6.07) is 71.1. The van der Waals surface area contributed by atoms with E-state index in [0.717, 1.165) is 23.4 Å².